The third kappa shape index (κ3) is 6.48. The van der Waals surface area contributed by atoms with E-state index in [1.165, 1.54) is 25.7 Å². The first-order valence-electron chi connectivity index (χ1n) is 9.98. The summed E-state index contributed by atoms with van der Waals surface area (Å²) in [5, 5.41) is 6.68. The van der Waals surface area contributed by atoms with Crippen molar-refractivity contribution in [3.05, 3.63) is 23.9 Å². The molecule has 2 aliphatic rings. The lowest BCUT2D eigenvalue weighted by Gasteiger charge is -2.16. The number of hydrogen-bond acceptors (Lipinski definition) is 4. The minimum atomic E-state index is 0.316. The highest BCUT2D eigenvalue weighted by molar-refractivity contribution is 5.79. The molecule has 2 saturated carbocycles. The van der Waals surface area contributed by atoms with Gasteiger partial charge >= 0.3 is 0 Å². The third-order valence-electron chi connectivity index (χ3n) is 4.91. The number of ether oxygens (including phenoxy) is 2. The fourth-order valence-corrected chi connectivity index (χ4v) is 3.14. The molecule has 2 fully saturated rings. The van der Waals surface area contributed by atoms with E-state index in [0.29, 0.717) is 12.6 Å². The molecule has 0 radical (unpaired) electrons. The van der Waals surface area contributed by atoms with Gasteiger partial charge in [0.2, 0.25) is 5.88 Å². The molecule has 0 bridgehead atoms. The summed E-state index contributed by atoms with van der Waals surface area (Å²) in [6.07, 6.45) is 10.6. The van der Waals surface area contributed by atoms with Gasteiger partial charge in [-0.1, -0.05) is 6.07 Å². The topological polar surface area (TPSA) is 67.8 Å². The van der Waals surface area contributed by atoms with Crippen LogP contribution >= 0.6 is 0 Å². The third-order valence-corrected chi connectivity index (χ3v) is 4.91. The first-order valence-corrected chi connectivity index (χ1v) is 9.98. The zero-order chi connectivity index (χ0) is 18.0. The molecule has 1 aromatic rings. The molecule has 2 N–H and O–H groups in total. The normalized spacial score (nSPS) is 18.1. The smallest absolute Gasteiger partial charge is 0.218 e. The summed E-state index contributed by atoms with van der Waals surface area (Å²) >= 11 is 0. The summed E-state index contributed by atoms with van der Waals surface area (Å²) in [5.74, 6) is 2.37. The highest BCUT2D eigenvalue weighted by Crippen LogP contribution is 2.28. The van der Waals surface area contributed by atoms with Gasteiger partial charge in [-0.15, -0.1) is 0 Å². The summed E-state index contributed by atoms with van der Waals surface area (Å²) in [4.78, 5) is 8.71. The van der Waals surface area contributed by atoms with Gasteiger partial charge in [0.25, 0.3) is 0 Å². The Balaban J connectivity index is 1.37. The maximum atomic E-state index is 6.09. The van der Waals surface area contributed by atoms with Crippen molar-refractivity contribution in [3.63, 3.8) is 0 Å². The molecular formula is C20H32N4O2. The van der Waals surface area contributed by atoms with E-state index in [1.54, 1.807) is 13.2 Å². The first kappa shape index (κ1) is 19.0. The lowest BCUT2D eigenvalue weighted by molar-refractivity contribution is 0.123. The van der Waals surface area contributed by atoms with E-state index in [-0.39, 0.29) is 0 Å². The number of aliphatic imine (C=N–C) groups is 1. The zero-order valence-corrected chi connectivity index (χ0v) is 15.9. The van der Waals surface area contributed by atoms with Crippen LogP contribution in [0.25, 0.3) is 0 Å². The molecule has 0 saturated heterocycles. The van der Waals surface area contributed by atoms with Crippen LogP contribution in [-0.2, 0) is 11.3 Å². The first-order chi connectivity index (χ1) is 12.8. The average Bonchev–Trinajstić information content (AvgIpc) is 3.35. The molecule has 0 unspecified atom stereocenters. The Labute approximate surface area is 156 Å². The van der Waals surface area contributed by atoms with E-state index in [1.807, 2.05) is 6.07 Å². The second kappa shape index (κ2) is 10.4. The Hall–Kier alpha value is -1.82. The Morgan fingerprint density at radius 1 is 1.23 bits per heavy atom. The van der Waals surface area contributed by atoms with Crippen molar-refractivity contribution in [1.29, 1.82) is 0 Å². The van der Waals surface area contributed by atoms with Gasteiger partial charge in [0, 0.05) is 45.1 Å². The molecule has 1 heterocycles. The van der Waals surface area contributed by atoms with Crippen molar-refractivity contribution >= 4 is 5.96 Å². The molecule has 0 atom stereocenters. The van der Waals surface area contributed by atoms with Crippen molar-refractivity contribution in [2.45, 2.75) is 57.6 Å². The van der Waals surface area contributed by atoms with Crippen molar-refractivity contribution in [2.24, 2.45) is 10.9 Å². The molecule has 6 nitrogen and oxygen atoms in total. The highest BCUT2D eigenvalue weighted by atomic mass is 16.5. The van der Waals surface area contributed by atoms with E-state index >= 15 is 0 Å². The molecule has 2 aliphatic carbocycles. The number of guanidine groups is 1. The van der Waals surface area contributed by atoms with Gasteiger partial charge in [0.05, 0.1) is 0 Å². The van der Waals surface area contributed by atoms with Gasteiger partial charge in [-0.3, -0.25) is 4.99 Å². The molecule has 26 heavy (non-hydrogen) atoms. The highest BCUT2D eigenvalue weighted by Gasteiger charge is 2.21. The Morgan fingerprint density at radius 2 is 2.08 bits per heavy atom. The number of rotatable bonds is 10. The van der Waals surface area contributed by atoms with Crippen LogP contribution in [0.5, 0.6) is 5.88 Å². The van der Waals surface area contributed by atoms with E-state index in [9.17, 15) is 0 Å². The minimum Gasteiger partial charge on any atom is -0.474 e. The largest absolute Gasteiger partial charge is 0.474 e. The molecule has 3 rings (SSSR count). The number of nitrogens with zero attached hydrogens (tertiary/aromatic N) is 2. The maximum Gasteiger partial charge on any atom is 0.218 e. The fraction of sp³-hybridized carbons (Fsp3) is 0.700. The van der Waals surface area contributed by atoms with Crippen LogP contribution < -0.4 is 15.4 Å². The van der Waals surface area contributed by atoms with Crippen molar-refractivity contribution in [1.82, 2.24) is 15.6 Å². The second-order valence-electron chi connectivity index (χ2n) is 7.22. The van der Waals surface area contributed by atoms with Crippen LogP contribution in [0.4, 0.5) is 0 Å². The predicted octanol–water partition coefficient (Wildman–Crippen LogP) is 2.88. The van der Waals surface area contributed by atoms with Gasteiger partial charge < -0.3 is 20.1 Å². The van der Waals surface area contributed by atoms with E-state index in [0.717, 1.165) is 62.3 Å². The lowest BCUT2D eigenvalue weighted by Crippen LogP contribution is -2.37. The van der Waals surface area contributed by atoms with Crippen molar-refractivity contribution in [2.75, 3.05) is 26.8 Å². The average molecular weight is 361 g/mol. The van der Waals surface area contributed by atoms with Gasteiger partial charge in [-0.25, -0.2) is 4.98 Å². The molecule has 0 aromatic carbocycles. The van der Waals surface area contributed by atoms with Gasteiger partial charge in [-0.05, 0) is 56.9 Å². The summed E-state index contributed by atoms with van der Waals surface area (Å²) < 4.78 is 11.8. The number of nitrogens with one attached hydrogen (secondary N) is 2. The fourth-order valence-electron chi connectivity index (χ4n) is 3.14. The number of aromatic nitrogens is 1. The molecule has 0 spiro atoms. The van der Waals surface area contributed by atoms with Gasteiger partial charge in [-0.2, -0.15) is 0 Å². The van der Waals surface area contributed by atoms with Gasteiger partial charge in [0.15, 0.2) is 5.96 Å². The predicted molar refractivity (Wildman–Crippen MR) is 103 cm³/mol. The lowest BCUT2D eigenvalue weighted by atomic mass is 10.2. The van der Waals surface area contributed by atoms with Gasteiger partial charge in [0.1, 0.15) is 6.10 Å². The van der Waals surface area contributed by atoms with Crippen molar-refractivity contribution < 1.29 is 9.47 Å². The molecule has 0 amide bonds. The Kier molecular flexibility index (Phi) is 7.55. The van der Waals surface area contributed by atoms with Crippen LogP contribution in [0, 0.1) is 5.92 Å². The quantitative estimate of drug-likeness (QED) is 0.381. The summed E-state index contributed by atoms with van der Waals surface area (Å²) in [6, 6.07) is 4.01. The molecule has 1 aromatic heterocycles. The van der Waals surface area contributed by atoms with Crippen LogP contribution in [0.2, 0.25) is 0 Å². The zero-order valence-electron chi connectivity index (χ0n) is 15.9. The van der Waals surface area contributed by atoms with Crippen LogP contribution in [0.1, 0.15) is 50.5 Å². The Morgan fingerprint density at radius 3 is 2.85 bits per heavy atom. The number of pyridine rings is 1. The van der Waals surface area contributed by atoms with E-state index in [4.69, 9.17) is 9.47 Å². The second-order valence-corrected chi connectivity index (χ2v) is 7.22. The number of hydrogen-bond donors (Lipinski definition) is 2. The Bertz CT molecular complexity index is 569. The SMILES string of the molecule is CN=C(NCCCOCC1CC1)NCc1cccnc1OC1CCCC1. The van der Waals surface area contributed by atoms with E-state index in [2.05, 4.69) is 26.7 Å². The summed E-state index contributed by atoms with van der Waals surface area (Å²) in [5.41, 5.74) is 1.06. The van der Waals surface area contributed by atoms with Crippen LogP contribution in [-0.4, -0.2) is 43.9 Å². The monoisotopic (exact) mass is 360 g/mol. The van der Waals surface area contributed by atoms with Crippen molar-refractivity contribution in [3.8, 4) is 5.88 Å². The molecule has 6 heteroatoms. The maximum absolute atomic E-state index is 6.09. The standard InChI is InChI=1S/C20H32N4O2/c1-21-20(23-12-5-13-25-15-16-9-10-16)24-14-17-6-4-11-22-19(17)26-18-7-2-3-8-18/h4,6,11,16,18H,2-3,5,7-10,12-15H2,1H3,(H2,21,23,24). The molecule has 144 valence electrons. The van der Waals surface area contributed by atoms with Crippen LogP contribution in [0.3, 0.4) is 0 Å². The van der Waals surface area contributed by atoms with E-state index < -0.39 is 0 Å². The molecular weight excluding hydrogens is 328 g/mol. The van der Waals surface area contributed by atoms with Crippen LogP contribution in [0.15, 0.2) is 23.3 Å². The molecule has 0 aliphatic heterocycles. The summed E-state index contributed by atoms with van der Waals surface area (Å²) in [6.45, 7) is 3.23. The minimum absolute atomic E-state index is 0.316. The summed E-state index contributed by atoms with van der Waals surface area (Å²) in [7, 11) is 1.79.